The molecular formula is C21H28N2O3. The Morgan fingerprint density at radius 2 is 1.73 bits per heavy atom. The third-order valence-electron chi connectivity index (χ3n) is 4.71. The standard InChI is InChI=1S/C21H28N2O3/c1-17-4-3-5-21(14-17)26-16-19(24)15-22-10-12-23(13-11-22)18-6-8-20(25-2)9-7-18/h3-9,14,19,24H,10-13,15-16H2,1-2H3/t19-/m1/s1. The van der Waals surface area contributed by atoms with Crippen LogP contribution in [0.1, 0.15) is 5.56 Å². The number of methoxy groups -OCH3 is 1. The number of nitrogens with zero attached hydrogens (tertiary/aromatic N) is 2. The molecule has 2 aromatic rings. The molecule has 5 heteroatoms. The van der Waals surface area contributed by atoms with Crippen molar-refractivity contribution in [3.8, 4) is 11.5 Å². The summed E-state index contributed by atoms with van der Waals surface area (Å²) >= 11 is 0. The van der Waals surface area contributed by atoms with Gasteiger partial charge in [0, 0.05) is 38.4 Å². The lowest BCUT2D eigenvalue weighted by Gasteiger charge is -2.36. The molecule has 1 heterocycles. The van der Waals surface area contributed by atoms with Gasteiger partial charge in [0.15, 0.2) is 0 Å². The fourth-order valence-electron chi connectivity index (χ4n) is 3.23. The summed E-state index contributed by atoms with van der Waals surface area (Å²) in [7, 11) is 1.68. The summed E-state index contributed by atoms with van der Waals surface area (Å²) in [4.78, 5) is 4.66. The molecule has 0 aliphatic carbocycles. The lowest BCUT2D eigenvalue weighted by Crippen LogP contribution is -2.49. The van der Waals surface area contributed by atoms with Gasteiger partial charge in [-0.15, -0.1) is 0 Å². The molecule has 5 nitrogen and oxygen atoms in total. The summed E-state index contributed by atoms with van der Waals surface area (Å²) in [6.07, 6.45) is -0.483. The van der Waals surface area contributed by atoms with E-state index in [1.165, 1.54) is 5.69 Å². The Morgan fingerprint density at radius 1 is 1.00 bits per heavy atom. The van der Waals surface area contributed by atoms with Crippen LogP contribution in [0.2, 0.25) is 0 Å². The molecule has 1 fully saturated rings. The molecule has 2 aromatic carbocycles. The second kappa shape index (κ2) is 8.92. The summed E-state index contributed by atoms with van der Waals surface area (Å²) in [5.74, 6) is 1.69. The second-order valence-corrected chi connectivity index (χ2v) is 6.77. The van der Waals surface area contributed by atoms with Crippen molar-refractivity contribution in [2.75, 3.05) is 51.3 Å². The molecule has 0 radical (unpaired) electrons. The van der Waals surface area contributed by atoms with Crippen LogP contribution in [0.25, 0.3) is 0 Å². The monoisotopic (exact) mass is 356 g/mol. The highest BCUT2D eigenvalue weighted by molar-refractivity contribution is 5.49. The highest BCUT2D eigenvalue weighted by Gasteiger charge is 2.19. The van der Waals surface area contributed by atoms with E-state index >= 15 is 0 Å². The number of aliphatic hydroxyl groups excluding tert-OH is 1. The number of aryl methyl sites for hydroxylation is 1. The van der Waals surface area contributed by atoms with E-state index in [9.17, 15) is 5.11 Å². The quantitative estimate of drug-likeness (QED) is 0.826. The predicted octanol–water partition coefficient (Wildman–Crippen LogP) is 2.57. The maximum Gasteiger partial charge on any atom is 0.119 e. The van der Waals surface area contributed by atoms with Gasteiger partial charge < -0.3 is 19.5 Å². The number of β-amino-alcohol motifs (C(OH)–C–C–N with tert-alkyl or cyclic N) is 1. The van der Waals surface area contributed by atoms with Gasteiger partial charge in [-0.1, -0.05) is 12.1 Å². The summed E-state index contributed by atoms with van der Waals surface area (Å²) in [5, 5.41) is 10.3. The van der Waals surface area contributed by atoms with Gasteiger partial charge in [-0.05, 0) is 48.9 Å². The zero-order valence-corrected chi connectivity index (χ0v) is 15.6. The van der Waals surface area contributed by atoms with Gasteiger partial charge >= 0.3 is 0 Å². The molecule has 1 N–H and O–H groups in total. The van der Waals surface area contributed by atoms with Gasteiger partial charge in [-0.25, -0.2) is 0 Å². The minimum atomic E-state index is -0.483. The van der Waals surface area contributed by atoms with E-state index in [4.69, 9.17) is 9.47 Å². The van der Waals surface area contributed by atoms with Gasteiger partial charge in [-0.3, -0.25) is 4.90 Å². The van der Waals surface area contributed by atoms with Crippen LogP contribution in [-0.4, -0.2) is 62.6 Å². The number of benzene rings is 2. The van der Waals surface area contributed by atoms with Crippen molar-refractivity contribution in [1.29, 1.82) is 0 Å². The summed E-state index contributed by atoms with van der Waals surface area (Å²) in [6.45, 7) is 6.78. The predicted molar refractivity (Wildman–Crippen MR) is 104 cm³/mol. The molecule has 26 heavy (non-hydrogen) atoms. The topological polar surface area (TPSA) is 45.2 Å². The van der Waals surface area contributed by atoms with Gasteiger partial charge in [0.1, 0.15) is 24.2 Å². The number of aliphatic hydroxyl groups is 1. The van der Waals surface area contributed by atoms with Gasteiger partial charge in [0.05, 0.1) is 7.11 Å². The molecule has 1 atom stereocenters. The molecule has 1 saturated heterocycles. The van der Waals surface area contributed by atoms with Crippen LogP contribution in [0.3, 0.4) is 0 Å². The normalized spacial score (nSPS) is 16.3. The maximum absolute atomic E-state index is 10.3. The van der Waals surface area contributed by atoms with Crippen molar-refractivity contribution in [3.05, 3.63) is 54.1 Å². The molecule has 0 bridgehead atoms. The van der Waals surface area contributed by atoms with Crippen LogP contribution >= 0.6 is 0 Å². The minimum Gasteiger partial charge on any atom is -0.497 e. The molecule has 140 valence electrons. The average molecular weight is 356 g/mol. The molecule has 1 aliphatic heterocycles. The first kappa shape index (κ1) is 18.5. The van der Waals surface area contributed by atoms with E-state index < -0.39 is 6.10 Å². The molecule has 0 amide bonds. The lowest BCUT2D eigenvalue weighted by atomic mass is 10.2. The Labute approximate surface area is 155 Å². The van der Waals surface area contributed by atoms with Crippen molar-refractivity contribution < 1.29 is 14.6 Å². The smallest absolute Gasteiger partial charge is 0.119 e. The number of anilines is 1. The first-order chi connectivity index (χ1) is 12.6. The number of piperazine rings is 1. The van der Waals surface area contributed by atoms with Crippen molar-refractivity contribution in [2.45, 2.75) is 13.0 Å². The Bertz CT molecular complexity index is 682. The Kier molecular flexibility index (Phi) is 6.36. The van der Waals surface area contributed by atoms with E-state index in [0.717, 1.165) is 43.2 Å². The fourth-order valence-corrected chi connectivity index (χ4v) is 3.23. The summed E-state index contributed by atoms with van der Waals surface area (Å²) < 4.78 is 10.9. The van der Waals surface area contributed by atoms with E-state index in [2.05, 4.69) is 21.9 Å². The molecular weight excluding hydrogens is 328 g/mol. The van der Waals surface area contributed by atoms with Crippen LogP contribution in [0.4, 0.5) is 5.69 Å². The first-order valence-corrected chi connectivity index (χ1v) is 9.13. The van der Waals surface area contributed by atoms with Crippen LogP contribution < -0.4 is 14.4 Å². The number of hydrogen-bond acceptors (Lipinski definition) is 5. The molecule has 0 spiro atoms. The minimum absolute atomic E-state index is 0.322. The van der Waals surface area contributed by atoms with E-state index in [1.54, 1.807) is 7.11 Å². The van der Waals surface area contributed by atoms with Gasteiger partial charge in [0.2, 0.25) is 0 Å². The largest absolute Gasteiger partial charge is 0.497 e. The second-order valence-electron chi connectivity index (χ2n) is 6.77. The van der Waals surface area contributed by atoms with E-state index in [1.807, 2.05) is 43.3 Å². The van der Waals surface area contributed by atoms with Crippen LogP contribution in [0, 0.1) is 6.92 Å². The Hall–Kier alpha value is -2.24. The number of hydrogen-bond donors (Lipinski definition) is 1. The van der Waals surface area contributed by atoms with E-state index in [-0.39, 0.29) is 0 Å². The molecule has 1 aliphatic rings. The molecule has 0 saturated carbocycles. The average Bonchev–Trinajstić information content (AvgIpc) is 2.67. The lowest BCUT2D eigenvalue weighted by molar-refractivity contribution is 0.0663. The molecule has 0 unspecified atom stereocenters. The zero-order valence-electron chi connectivity index (χ0n) is 15.6. The van der Waals surface area contributed by atoms with E-state index in [0.29, 0.717) is 13.2 Å². The summed E-state index contributed by atoms with van der Waals surface area (Å²) in [6, 6.07) is 16.1. The van der Waals surface area contributed by atoms with Crippen LogP contribution in [0.15, 0.2) is 48.5 Å². The third-order valence-corrected chi connectivity index (χ3v) is 4.71. The van der Waals surface area contributed by atoms with Crippen molar-refractivity contribution in [1.82, 2.24) is 4.90 Å². The maximum atomic E-state index is 10.3. The third kappa shape index (κ3) is 5.13. The van der Waals surface area contributed by atoms with Crippen molar-refractivity contribution in [3.63, 3.8) is 0 Å². The zero-order chi connectivity index (χ0) is 18.4. The molecule has 3 rings (SSSR count). The van der Waals surface area contributed by atoms with Crippen molar-refractivity contribution >= 4 is 5.69 Å². The Balaban J connectivity index is 1.41. The van der Waals surface area contributed by atoms with Crippen molar-refractivity contribution in [2.24, 2.45) is 0 Å². The Morgan fingerprint density at radius 3 is 2.38 bits per heavy atom. The highest BCUT2D eigenvalue weighted by Crippen LogP contribution is 2.20. The van der Waals surface area contributed by atoms with Crippen LogP contribution in [-0.2, 0) is 0 Å². The number of ether oxygens (including phenoxy) is 2. The summed E-state index contributed by atoms with van der Waals surface area (Å²) in [5.41, 5.74) is 2.38. The first-order valence-electron chi connectivity index (χ1n) is 9.13. The van der Waals surface area contributed by atoms with Crippen LogP contribution in [0.5, 0.6) is 11.5 Å². The number of rotatable bonds is 7. The fraction of sp³-hybridized carbons (Fsp3) is 0.429. The SMILES string of the molecule is COc1ccc(N2CCN(C[C@@H](O)COc3cccc(C)c3)CC2)cc1. The van der Waals surface area contributed by atoms with Gasteiger partial charge in [0.25, 0.3) is 0 Å². The highest BCUT2D eigenvalue weighted by atomic mass is 16.5. The van der Waals surface area contributed by atoms with Gasteiger partial charge in [-0.2, -0.15) is 0 Å². The molecule has 0 aromatic heterocycles.